The van der Waals surface area contributed by atoms with Crippen LogP contribution in [-0.4, -0.2) is 208 Å². The Morgan fingerprint density at radius 1 is 0.676 bits per heavy atom. The van der Waals surface area contributed by atoms with E-state index in [1.54, 1.807) is 61.9 Å². The van der Waals surface area contributed by atoms with Gasteiger partial charge in [0.1, 0.15) is 24.2 Å². The van der Waals surface area contributed by atoms with Gasteiger partial charge in [0.2, 0.25) is 76.2 Å². The number of esters is 1. The van der Waals surface area contributed by atoms with Crippen molar-refractivity contribution < 1.29 is 92.5 Å². The number of methoxy groups -OCH3 is 2. The van der Waals surface area contributed by atoms with Crippen LogP contribution in [0.2, 0.25) is 0 Å². The van der Waals surface area contributed by atoms with E-state index >= 15 is 0 Å². The van der Waals surface area contributed by atoms with Crippen molar-refractivity contribution in [1.29, 1.82) is 0 Å². The van der Waals surface area contributed by atoms with Crippen LogP contribution in [0.4, 0.5) is 45.6 Å². The minimum absolute atomic E-state index is 0.0104. The average molecular weight is 1540 g/mol. The molecule has 2 aliphatic rings. The molecule has 108 heavy (non-hydrogen) atoms. The quantitative estimate of drug-likeness (QED) is 0.00662. The summed E-state index contributed by atoms with van der Waals surface area (Å²) in [5.74, 6) is -22.3. The van der Waals surface area contributed by atoms with E-state index in [0.29, 0.717) is 57.4 Å². The number of alkyl halides is 3. The average Bonchev–Trinajstić information content (AvgIpc) is 1.57. The number of rotatable bonds is 41. The molecule has 0 saturated carbocycles. The molecule has 3 aromatic rings. The summed E-state index contributed by atoms with van der Waals surface area (Å²) in [4.78, 5) is 129. The normalized spacial score (nSPS) is 18.4. The van der Waals surface area contributed by atoms with Gasteiger partial charge in [0, 0.05) is 59.1 Å². The maximum Gasteiger partial charge on any atom is 0.404 e. The van der Waals surface area contributed by atoms with E-state index < -0.39 is 156 Å². The Morgan fingerprint density at radius 2 is 1.31 bits per heavy atom. The number of piperidine rings is 1. The predicted octanol–water partition coefficient (Wildman–Crippen LogP) is 8.28. The van der Waals surface area contributed by atoms with Gasteiger partial charge in [-0.2, -0.15) is 22.0 Å². The number of nitrogens with one attached hydrogen (secondary N) is 7. The molecule has 0 radical (unpaired) electrons. The van der Waals surface area contributed by atoms with E-state index in [0.717, 1.165) is 16.0 Å². The number of ether oxygens (including phenoxy) is 3. The number of hydrogen-bond acceptors (Lipinski definition) is 15. The second kappa shape index (κ2) is 42.8. The van der Waals surface area contributed by atoms with Gasteiger partial charge in [-0.25, -0.2) is 18.0 Å². The number of carbonyl (C=O) groups excluding carboxylic acids is 9. The standard InChI is InChI=1S/C76H112F8N12O12/c1-15-45(8)66(94(12)73(103)64(43(4)5)92-72(102)65(44(6)7)93(10)11)54(106-13)40-57(98)96-36-20-25-53(96)67(107-14)46(9)69(99)89-51(38-47-22-17-16-18-23-47)31-34-86-41-48-27-29-50(30-28-48)88-70(100)52(24-19-33-87-75(85)105)90-71(101)63(42(2)3)91-56(97)26-21-35-95-37-32-49(39-55(95)76(82,83)84)74(104)108-68-61(80)59(78)58(77)60(79)62(68)81/h16-18,22-23,27-30,42-46,49,51-55,63-67,86H,15,19-21,24-26,31-41H2,1-14H3,(H,88,100)(H,89,99)(H,90,101)(H,91,97)(H,92,102)(H3,85,87,105)/t45-,46+,49?,51+,52?,53-,54+,55?,63-,64-,65-,66-,67+/m0/s1. The van der Waals surface area contributed by atoms with Crippen molar-refractivity contribution >= 4 is 59.0 Å². The molecule has 604 valence electrons. The first kappa shape index (κ1) is 90.5. The molecular formula is C76H112F8N12O12. The Labute approximate surface area is 628 Å². The van der Waals surface area contributed by atoms with Gasteiger partial charge in [0.25, 0.3) is 0 Å². The molecule has 24 nitrogen and oxygen atoms in total. The number of halogens is 8. The molecule has 32 heteroatoms. The summed E-state index contributed by atoms with van der Waals surface area (Å²) in [5, 5.41) is 20.3. The highest BCUT2D eigenvalue weighted by molar-refractivity contribution is 5.98. The molecule has 2 aliphatic heterocycles. The number of primary amides is 1. The Kier molecular flexibility index (Phi) is 35.9. The number of nitrogens with zero attached hydrogens (tertiary/aromatic N) is 4. The third-order valence-corrected chi connectivity index (χ3v) is 20.4. The lowest BCUT2D eigenvalue weighted by atomic mass is 9.89. The first-order chi connectivity index (χ1) is 50.9. The molecule has 2 fully saturated rings. The van der Waals surface area contributed by atoms with Crippen LogP contribution in [0.25, 0.3) is 0 Å². The maximum absolute atomic E-state index is 14.6. The highest BCUT2D eigenvalue weighted by atomic mass is 19.4. The number of hydrogen-bond donors (Lipinski definition) is 8. The second-order valence-electron chi connectivity index (χ2n) is 29.5. The summed E-state index contributed by atoms with van der Waals surface area (Å²) >= 11 is 0. The van der Waals surface area contributed by atoms with Gasteiger partial charge in [-0.05, 0) is 138 Å². The number of anilines is 1. The summed E-state index contributed by atoms with van der Waals surface area (Å²) < 4.78 is 129. The fourth-order valence-corrected chi connectivity index (χ4v) is 14.3. The fraction of sp³-hybridized carbons (Fsp3) is 0.645. The van der Waals surface area contributed by atoms with Gasteiger partial charge in [-0.15, -0.1) is 0 Å². The molecule has 9 amide bonds. The molecule has 5 rings (SSSR count). The third-order valence-electron chi connectivity index (χ3n) is 20.4. The number of carbonyl (C=O) groups is 9. The maximum atomic E-state index is 14.6. The summed E-state index contributed by atoms with van der Waals surface area (Å²) in [6, 6.07) is 8.37. The van der Waals surface area contributed by atoms with Crippen LogP contribution in [0, 0.1) is 64.6 Å². The topological polar surface area (TPSA) is 305 Å². The largest absolute Gasteiger partial charge is 0.420 e. The van der Waals surface area contributed by atoms with E-state index in [2.05, 4.69) is 42.0 Å². The number of nitrogens with two attached hydrogens (primary N) is 1. The van der Waals surface area contributed by atoms with E-state index in [4.69, 9.17) is 15.2 Å². The number of amides is 9. The Bertz CT molecular complexity index is 3430. The molecule has 13 atom stereocenters. The second-order valence-corrected chi connectivity index (χ2v) is 29.5. The highest BCUT2D eigenvalue weighted by Crippen LogP contribution is 2.38. The third kappa shape index (κ3) is 25.8. The molecule has 0 bridgehead atoms. The minimum Gasteiger partial charge on any atom is -0.420 e. The molecule has 0 spiro atoms. The van der Waals surface area contributed by atoms with Crippen molar-refractivity contribution in [2.45, 2.75) is 213 Å². The fourth-order valence-electron chi connectivity index (χ4n) is 14.3. The predicted molar refractivity (Wildman–Crippen MR) is 389 cm³/mol. The summed E-state index contributed by atoms with van der Waals surface area (Å²) in [6.45, 7) is 17.3. The zero-order chi connectivity index (χ0) is 80.6. The number of likely N-dealkylation sites (N-methyl/N-ethyl adjacent to an activating group) is 2. The van der Waals surface area contributed by atoms with Crippen molar-refractivity contribution in [3.05, 3.63) is 94.8 Å². The van der Waals surface area contributed by atoms with Gasteiger partial charge in [-0.1, -0.05) is 111 Å². The monoisotopic (exact) mass is 1540 g/mol. The molecule has 3 unspecified atom stereocenters. The van der Waals surface area contributed by atoms with Crippen LogP contribution in [0.3, 0.4) is 0 Å². The van der Waals surface area contributed by atoms with Gasteiger partial charge < -0.3 is 67.0 Å². The van der Waals surface area contributed by atoms with Crippen molar-refractivity contribution in [2.24, 2.45) is 41.2 Å². The van der Waals surface area contributed by atoms with Gasteiger partial charge >= 0.3 is 18.2 Å². The number of urea groups is 1. The van der Waals surface area contributed by atoms with E-state index in [1.807, 2.05) is 90.9 Å². The summed E-state index contributed by atoms with van der Waals surface area (Å²) in [6.07, 6.45) is -5.24. The molecule has 0 aromatic heterocycles. The van der Waals surface area contributed by atoms with Gasteiger partial charge in [-0.3, -0.25) is 48.2 Å². The van der Waals surface area contributed by atoms with Crippen molar-refractivity contribution in [3.63, 3.8) is 0 Å². The Hall–Kier alpha value is -8.07. The van der Waals surface area contributed by atoms with Gasteiger partial charge in [0.05, 0.1) is 48.6 Å². The van der Waals surface area contributed by atoms with Crippen LogP contribution in [0.1, 0.15) is 144 Å². The lowest BCUT2D eigenvalue weighted by Gasteiger charge is -2.41. The summed E-state index contributed by atoms with van der Waals surface area (Å²) in [5.41, 5.74) is 7.44. The molecule has 0 aliphatic carbocycles. The first-order valence-corrected chi connectivity index (χ1v) is 37.1. The zero-order valence-corrected chi connectivity index (χ0v) is 64.5. The Morgan fingerprint density at radius 3 is 1.87 bits per heavy atom. The SMILES string of the molecule is CC[C@H](C)[C@@H]([C@@H](CC(=O)N1CCC[C@H]1[C@H](OC)[C@@H](C)C(=O)N[C@H](CCNCc1ccc(NC(=O)C(CCCNC(N)=O)NC(=O)[C@@H](NC(=O)CCCN2CCC(C(=O)Oc3c(F)c(F)c(F)c(F)c3F)CC2C(F)(F)F)C(C)C)cc1)Cc1ccccc1)OC)N(C)C(=O)[C@@H](NC(=O)[C@H](C(C)C)N(C)C)C(C)C. The number of benzene rings is 3. The van der Waals surface area contributed by atoms with Crippen LogP contribution in [-0.2, 0) is 60.8 Å². The molecule has 3 aromatic carbocycles. The van der Waals surface area contributed by atoms with Crippen LogP contribution in [0.15, 0.2) is 54.6 Å². The highest BCUT2D eigenvalue weighted by Gasteiger charge is 2.49. The van der Waals surface area contributed by atoms with Gasteiger partial charge in [0.15, 0.2) is 0 Å². The van der Waals surface area contributed by atoms with Crippen LogP contribution in [0.5, 0.6) is 5.75 Å². The lowest BCUT2D eigenvalue weighted by molar-refractivity contribution is -0.197. The van der Waals surface area contributed by atoms with E-state index in [1.165, 1.54) is 14.2 Å². The molecule has 2 saturated heterocycles. The summed E-state index contributed by atoms with van der Waals surface area (Å²) in [7, 11) is 8.43. The van der Waals surface area contributed by atoms with Crippen LogP contribution >= 0.6 is 0 Å². The van der Waals surface area contributed by atoms with Crippen molar-refractivity contribution in [3.8, 4) is 5.75 Å². The number of likely N-dealkylation sites (tertiary alicyclic amines) is 2. The minimum atomic E-state index is -4.98. The van der Waals surface area contributed by atoms with Crippen molar-refractivity contribution in [2.75, 3.05) is 73.4 Å². The Balaban J connectivity index is 1.17. The van der Waals surface area contributed by atoms with E-state index in [-0.39, 0.29) is 99.0 Å². The molecule has 2 heterocycles. The molecule has 9 N–H and O–H groups in total. The zero-order valence-electron chi connectivity index (χ0n) is 64.5. The first-order valence-electron chi connectivity index (χ1n) is 37.1. The van der Waals surface area contributed by atoms with Crippen molar-refractivity contribution in [1.82, 2.24) is 51.5 Å². The lowest BCUT2D eigenvalue weighted by Crippen LogP contribution is -2.59. The smallest absolute Gasteiger partial charge is 0.404 e. The van der Waals surface area contributed by atoms with Crippen LogP contribution < -0.4 is 47.7 Å². The van der Waals surface area contributed by atoms with E-state index in [9.17, 15) is 78.3 Å². The molecular weight excluding hydrogens is 1420 g/mol.